The number of halogens is 3. The van der Waals surface area contributed by atoms with Crippen LogP contribution >= 0.6 is 0 Å². The molecule has 0 spiro atoms. The Labute approximate surface area is 187 Å². The van der Waals surface area contributed by atoms with Gasteiger partial charge in [-0.25, -0.2) is 18.2 Å². The number of aromatic nitrogens is 2. The maximum absolute atomic E-state index is 13.3. The van der Waals surface area contributed by atoms with Gasteiger partial charge in [0.15, 0.2) is 0 Å². The number of amides is 1. The zero-order valence-electron chi connectivity index (χ0n) is 17.9. The van der Waals surface area contributed by atoms with Crippen LogP contribution in [0, 0.1) is 11.8 Å². The summed E-state index contributed by atoms with van der Waals surface area (Å²) in [5.74, 6) is -4.43. The van der Waals surface area contributed by atoms with Gasteiger partial charge in [0.1, 0.15) is 11.9 Å². The summed E-state index contributed by atoms with van der Waals surface area (Å²) in [7, 11) is -3.45. The van der Waals surface area contributed by atoms with Crippen LogP contribution in [0.1, 0.15) is 26.1 Å². The van der Waals surface area contributed by atoms with Crippen LogP contribution in [0.25, 0.3) is 0 Å². The quantitative estimate of drug-likeness (QED) is 0.613. The maximum Gasteiger partial charge on any atom is 0.490 e. The number of fused-ring (bicyclic) bond motifs is 1. The van der Waals surface area contributed by atoms with E-state index in [0.29, 0.717) is 18.8 Å². The highest BCUT2D eigenvalue weighted by Crippen LogP contribution is 2.26. The van der Waals surface area contributed by atoms with Crippen molar-refractivity contribution in [2.24, 2.45) is 11.8 Å². The second-order valence-corrected chi connectivity index (χ2v) is 10.1. The summed E-state index contributed by atoms with van der Waals surface area (Å²) in [5.41, 5.74) is 0. The van der Waals surface area contributed by atoms with E-state index in [4.69, 9.17) is 9.90 Å². The lowest BCUT2D eigenvalue weighted by Crippen LogP contribution is -2.52. The SMILES string of the molecule is CC(C)C(C(=O)N1Cc2nccn2CC(C(=O)O)C1)N1CCCS1(=O)=O.O=C(O)C(F)(F)F. The number of aliphatic carboxylic acids is 2. The van der Waals surface area contributed by atoms with Crippen LogP contribution in [0.3, 0.4) is 0 Å². The smallest absolute Gasteiger partial charge is 0.481 e. The Bertz CT molecular complexity index is 993. The van der Waals surface area contributed by atoms with Gasteiger partial charge in [0, 0.05) is 32.0 Å². The number of carboxylic acid groups (broad SMARTS) is 2. The summed E-state index contributed by atoms with van der Waals surface area (Å²) in [5, 5.41) is 16.6. The second kappa shape index (κ2) is 10.1. The third-order valence-electron chi connectivity index (χ3n) is 5.23. The number of carboxylic acids is 2. The van der Waals surface area contributed by atoms with Gasteiger partial charge in [0.25, 0.3) is 0 Å². The topological polar surface area (TPSA) is 150 Å². The van der Waals surface area contributed by atoms with Gasteiger partial charge in [-0.3, -0.25) is 9.59 Å². The van der Waals surface area contributed by atoms with Crippen molar-refractivity contribution >= 4 is 27.9 Å². The summed E-state index contributed by atoms with van der Waals surface area (Å²) < 4.78 is 59.4. The van der Waals surface area contributed by atoms with Gasteiger partial charge in [0.2, 0.25) is 15.9 Å². The maximum atomic E-state index is 13.3. The number of carbonyl (C=O) groups excluding carboxylic acids is 1. The number of imidazole rings is 1. The molecular formula is C18H25F3N4O7S. The van der Waals surface area contributed by atoms with E-state index >= 15 is 0 Å². The van der Waals surface area contributed by atoms with Crippen molar-refractivity contribution in [1.29, 1.82) is 0 Å². The minimum Gasteiger partial charge on any atom is -0.481 e. The third-order valence-corrected chi connectivity index (χ3v) is 7.16. The molecule has 33 heavy (non-hydrogen) atoms. The van der Waals surface area contributed by atoms with E-state index in [0.717, 1.165) is 0 Å². The fourth-order valence-electron chi connectivity index (χ4n) is 3.68. The lowest BCUT2D eigenvalue weighted by atomic mass is 10.0. The number of rotatable bonds is 4. The number of alkyl halides is 3. The average Bonchev–Trinajstić information content (AvgIpc) is 3.20. The van der Waals surface area contributed by atoms with Crippen LogP contribution in [0.2, 0.25) is 0 Å². The predicted molar refractivity (Wildman–Crippen MR) is 106 cm³/mol. The molecule has 0 bridgehead atoms. The Morgan fingerprint density at radius 1 is 1.18 bits per heavy atom. The summed E-state index contributed by atoms with van der Waals surface area (Å²) >= 11 is 0. The first-order valence-corrected chi connectivity index (χ1v) is 11.6. The van der Waals surface area contributed by atoms with Crippen LogP contribution in [-0.4, -0.2) is 86.3 Å². The summed E-state index contributed by atoms with van der Waals surface area (Å²) in [6, 6.07) is -0.821. The highest BCUT2D eigenvalue weighted by Gasteiger charge is 2.43. The molecule has 1 saturated heterocycles. The fourth-order valence-corrected chi connectivity index (χ4v) is 5.49. The first-order valence-electron chi connectivity index (χ1n) is 9.96. The Hall–Kier alpha value is -2.68. The Morgan fingerprint density at radius 3 is 2.24 bits per heavy atom. The van der Waals surface area contributed by atoms with Crippen LogP contribution in [0.4, 0.5) is 13.2 Å². The van der Waals surface area contributed by atoms with E-state index in [2.05, 4.69) is 4.98 Å². The molecule has 3 heterocycles. The second-order valence-electron chi connectivity index (χ2n) is 8.02. The molecule has 2 unspecified atom stereocenters. The van der Waals surface area contributed by atoms with Crippen molar-refractivity contribution < 1.29 is 46.2 Å². The van der Waals surface area contributed by atoms with E-state index in [1.807, 2.05) is 13.8 Å². The monoisotopic (exact) mass is 498 g/mol. The highest BCUT2D eigenvalue weighted by molar-refractivity contribution is 7.89. The van der Waals surface area contributed by atoms with Crippen molar-refractivity contribution in [1.82, 2.24) is 18.8 Å². The largest absolute Gasteiger partial charge is 0.490 e. The molecule has 11 nitrogen and oxygen atoms in total. The number of hydrogen-bond acceptors (Lipinski definition) is 6. The third kappa shape index (κ3) is 6.43. The van der Waals surface area contributed by atoms with Gasteiger partial charge in [-0.2, -0.15) is 17.5 Å². The van der Waals surface area contributed by atoms with Crippen LogP contribution in [0.5, 0.6) is 0 Å². The van der Waals surface area contributed by atoms with Gasteiger partial charge in [0.05, 0.1) is 18.2 Å². The van der Waals surface area contributed by atoms with E-state index in [1.165, 1.54) is 9.21 Å². The molecule has 15 heteroatoms. The standard InChI is InChI=1S/C16H24N4O5S.C2HF3O2/c1-11(2)14(20-5-3-7-26(20,24)25)15(21)19-9-12(16(22)23)8-18-6-4-17-13(18)10-19;3-2(4,5)1(6)7/h4,6,11-12,14H,3,5,7-10H2,1-2H3,(H,22,23);(H,6,7). The van der Waals surface area contributed by atoms with E-state index < -0.39 is 40.1 Å². The molecule has 2 N–H and O–H groups in total. The molecule has 1 fully saturated rings. The molecule has 2 atom stereocenters. The fraction of sp³-hybridized carbons (Fsp3) is 0.667. The normalized spacial score (nSPS) is 21.5. The van der Waals surface area contributed by atoms with Crippen LogP contribution in [-0.2, 0) is 37.5 Å². The molecule has 0 aromatic carbocycles. The van der Waals surface area contributed by atoms with Crippen molar-refractivity contribution in [3.8, 4) is 0 Å². The molecule has 186 valence electrons. The molecule has 1 amide bonds. The van der Waals surface area contributed by atoms with Gasteiger partial charge in [-0.1, -0.05) is 13.8 Å². The summed E-state index contributed by atoms with van der Waals surface area (Å²) in [6.07, 6.45) is -1.31. The Kier molecular flexibility index (Phi) is 8.11. The van der Waals surface area contributed by atoms with Gasteiger partial charge in [-0.15, -0.1) is 0 Å². The van der Waals surface area contributed by atoms with Gasteiger partial charge < -0.3 is 19.7 Å². The molecule has 0 radical (unpaired) electrons. The minimum atomic E-state index is -5.08. The summed E-state index contributed by atoms with van der Waals surface area (Å²) in [6.45, 7) is 4.39. The lowest BCUT2D eigenvalue weighted by Gasteiger charge is -2.33. The highest BCUT2D eigenvalue weighted by atomic mass is 32.2. The predicted octanol–water partition coefficient (Wildman–Crippen LogP) is 0.620. The van der Waals surface area contributed by atoms with Crippen molar-refractivity contribution in [3.05, 3.63) is 18.2 Å². The number of nitrogens with zero attached hydrogens (tertiary/aromatic N) is 4. The minimum absolute atomic E-state index is 0.0363. The van der Waals surface area contributed by atoms with E-state index in [9.17, 15) is 36.3 Å². The van der Waals surface area contributed by atoms with Crippen molar-refractivity contribution in [3.63, 3.8) is 0 Å². The number of carbonyl (C=O) groups is 3. The zero-order chi connectivity index (χ0) is 25.1. The molecule has 0 aliphatic carbocycles. The van der Waals surface area contributed by atoms with Crippen LogP contribution < -0.4 is 0 Å². The van der Waals surface area contributed by atoms with Gasteiger partial charge >= 0.3 is 18.1 Å². The van der Waals surface area contributed by atoms with E-state index in [-0.39, 0.29) is 37.2 Å². The van der Waals surface area contributed by atoms with Crippen molar-refractivity contribution in [2.45, 2.75) is 45.6 Å². The first kappa shape index (κ1) is 26.6. The lowest BCUT2D eigenvalue weighted by molar-refractivity contribution is -0.192. The molecule has 2 aliphatic heterocycles. The average molecular weight is 498 g/mol. The molecule has 2 aliphatic rings. The molecule has 3 rings (SSSR count). The summed E-state index contributed by atoms with van der Waals surface area (Å²) in [4.78, 5) is 39.4. The van der Waals surface area contributed by atoms with E-state index in [1.54, 1.807) is 17.0 Å². The zero-order valence-corrected chi connectivity index (χ0v) is 18.7. The molecule has 0 saturated carbocycles. The number of sulfonamides is 1. The first-order chi connectivity index (χ1) is 15.1. The molecule has 1 aromatic heterocycles. The Morgan fingerprint density at radius 2 is 1.79 bits per heavy atom. The van der Waals surface area contributed by atoms with Crippen LogP contribution in [0.15, 0.2) is 12.4 Å². The molecular weight excluding hydrogens is 473 g/mol. The number of hydrogen-bond donors (Lipinski definition) is 2. The Balaban J connectivity index is 0.000000479. The molecule has 1 aromatic rings. The van der Waals surface area contributed by atoms with Gasteiger partial charge in [-0.05, 0) is 12.3 Å². The van der Waals surface area contributed by atoms with Crippen molar-refractivity contribution in [2.75, 3.05) is 18.8 Å².